The Morgan fingerprint density at radius 1 is 1.44 bits per heavy atom. The normalized spacial score (nSPS) is 10.2. The Morgan fingerprint density at radius 2 is 2.33 bits per heavy atom. The van der Waals surface area contributed by atoms with Crippen LogP contribution in [0, 0.1) is 0 Å². The van der Waals surface area contributed by atoms with Gasteiger partial charge in [-0.2, -0.15) is 5.10 Å². The molecule has 0 atom stereocenters. The Balaban J connectivity index is 1.75. The second-order valence-electron chi connectivity index (χ2n) is 3.85. The number of nitrogens with zero attached hydrogens (tertiary/aromatic N) is 3. The molecule has 0 aliphatic heterocycles. The SMILES string of the molecule is NC(=S)c1ccc(NCCCn2cccn2)nc1. The minimum absolute atomic E-state index is 0.368. The molecule has 0 aliphatic rings. The van der Waals surface area contributed by atoms with E-state index in [0.29, 0.717) is 4.99 Å². The van der Waals surface area contributed by atoms with Gasteiger partial charge in [-0.25, -0.2) is 4.98 Å². The Kier molecular flexibility index (Phi) is 4.25. The summed E-state index contributed by atoms with van der Waals surface area (Å²) >= 11 is 4.86. The van der Waals surface area contributed by atoms with Crippen molar-refractivity contribution in [3.63, 3.8) is 0 Å². The van der Waals surface area contributed by atoms with Crippen LogP contribution in [-0.4, -0.2) is 26.3 Å². The van der Waals surface area contributed by atoms with Crippen LogP contribution in [0.3, 0.4) is 0 Å². The number of rotatable bonds is 6. The third-order valence-corrected chi connectivity index (χ3v) is 2.71. The second-order valence-corrected chi connectivity index (χ2v) is 4.29. The number of anilines is 1. The van der Waals surface area contributed by atoms with Gasteiger partial charge in [0.15, 0.2) is 0 Å². The summed E-state index contributed by atoms with van der Waals surface area (Å²) < 4.78 is 1.91. The molecule has 0 fully saturated rings. The highest BCUT2D eigenvalue weighted by atomic mass is 32.1. The number of aryl methyl sites for hydroxylation is 1. The summed E-state index contributed by atoms with van der Waals surface area (Å²) in [4.78, 5) is 4.60. The van der Waals surface area contributed by atoms with Crippen LogP contribution in [-0.2, 0) is 6.54 Å². The number of nitrogens with two attached hydrogens (primary N) is 1. The van der Waals surface area contributed by atoms with Crippen LogP contribution in [0.4, 0.5) is 5.82 Å². The summed E-state index contributed by atoms with van der Waals surface area (Å²) in [6.45, 7) is 1.74. The van der Waals surface area contributed by atoms with Crippen LogP contribution in [0.1, 0.15) is 12.0 Å². The predicted molar refractivity (Wildman–Crippen MR) is 75.5 cm³/mol. The lowest BCUT2D eigenvalue weighted by Gasteiger charge is -2.06. The maximum Gasteiger partial charge on any atom is 0.125 e. The highest BCUT2D eigenvalue weighted by molar-refractivity contribution is 7.80. The summed E-state index contributed by atoms with van der Waals surface area (Å²) in [5.74, 6) is 0.829. The molecule has 0 unspecified atom stereocenters. The fraction of sp³-hybridized carbons (Fsp3) is 0.250. The Morgan fingerprint density at radius 3 is 2.94 bits per heavy atom. The van der Waals surface area contributed by atoms with Crippen LogP contribution < -0.4 is 11.1 Å². The lowest BCUT2D eigenvalue weighted by Crippen LogP contribution is -2.11. The van der Waals surface area contributed by atoms with Crippen molar-refractivity contribution in [3.05, 3.63) is 42.4 Å². The number of aromatic nitrogens is 3. The topological polar surface area (TPSA) is 68.8 Å². The van der Waals surface area contributed by atoms with Gasteiger partial charge in [-0.15, -0.1) is 0 Å². The first-order chi connectivity index (χ1) is 8.75. The van der Waals surface area contributed by atoms with E-state index in [0.717, 1.165) is 30.9 Å². The van der Waals surface area contributed by atoms with Crippen molar-refractivity contribution in [2.24, 2.45) is 5.73 Å². The van der Waals surface area contributed by atoms with Gasteiger partial charge in [0.25, 0.3) is 0 Å². The number of thiocarbonyl (C=S) groups is 1. The van der Waals surface area contributed by atoms with E-state index in [1.165, 1.54) is 0 Å². The van der Waals surface area contributed by atoms with E-state index in [1.54, 1.807) is 12.4 Å². The molecule has 6 heteroatoms. The molecular weight excluding hydrogens is 246 g/mol. The van der Waals surface area contributed by atoms with Gasteiger partial charge >= 0.3 is 0 Å². The standard InChI is InChI=1S/C12H15N5S/c13-12(18)10-3-4-11(15-9-10)14-5-1-7-17-8-2-6-16-17/h2-4,6,8-9H,1,5,7H2,(H2,13,18)(H,14,15). The van der Waals surface area contributed by atoms with E-state index in [2.05, 4.69) is 15.4 Å². The molecule has 2 aromatic heterocycles. The van der Waals surface area contributed by atoms with Crippen molar-refractivity contribution in [1.82, 2.24) is 14.8 Å². The maximum absolute atomic E-state index is 5.50. The maximum atomic E-state index is 5.50. The van der Waals surface area contributed by atoms with E-state index in [9.17, 15) is 0 Å². The molecular formula is C12H15N5S. The van der Waals surface area contributed by atoms with Crippen LogP contribution in [0.15, 0.2) is 36.8 Å². The van der Waals surface area contributed by atoms with Crippen molar-refractivity contribution < 1.29 is 0 Å². The number of hydrogen-bond acceptors (Lipinski definition) is 4. The lowest BCUT2D eigenvalue weighted by molar-refractivity contribution is 0.591. The fourth-order valence-electron chi connectivity index (χ4n) is 1.53. The molecule has 0 saturated heterocycles. The first kappa shape index (κ1) is 12.5. The molecule has 0 amide bonds. The summed E-state index contributed by atoms with van der Waals surface area (Å²) in [7, 11) is 0. The molecule has 3 N–H and O–H groups in total. The van der Waals surface area contributed by atoms with Crippen LogP contribution >= 0.6 is 12.2 Å². The Bertz CT molecular complexity index is 492. The summed E-state index contributed by atoms with van der Waals surface area (Å²) in [6, 6.07) is 5.66. The van der Waals surface area contributed by atoms with Gasteiger partial charge in [-0.1, -0.05) is 12.2 Å². The molecule has 0 spiro atoms. The molecule has 18 heavy (non-hydrogen) atoms. The summed E-state index contributed by atoms with van der Waals surface area (Å²) in [5, 5.41) is 7.37. The van der Waals surface area contributed by atoms with Crippen molar-refractivity contribution in [2.75, 3.05) is 11.9 Å². The molecule has 0 bridgehead atoms. The van der Waals surface area contributed by atoms with Gasteiger partial charge in [0.1, 0.15) is 10.8 Å². The molecule has 2 heterocycles. The van der Waals surface area contributed by atoms with E-state index >= 15 is 0 Å². The molecule has 94 valence electrons. The van der Waals surface area contributed by atoms with Gasteiger partial charge in [0.2, 0.25) is 0 Å². The highest BCUT2D eigenvalue weighted by Crippen LogP contribution is 2.05. The van der Waals surface area contributed by atoms with Crippen LogP contribution in [0.5, 0.6) is 0 Å². The molecule has 0 aromatic carbocycles. The van der Waals surface area contributed by atoms with Gasteiger partial charge in [0, 0.05) is 37.2 Å². The predicted octanol–water partition coefficient (Wildman–Crippen LogP) is 1.41. The first-order valence-electron chi connectivity index (χ1n) is 5.73. The van der Waals surface area contributed by atoms with E-state index in [4.69, 9.17) is 18.0 Å². The first-order valence-corrected chi connectivity index (χ1v) is 6.14. The number of nitrogens with one attached hydrogen (secondary N) is 1. The number of hydrogen-bond donors (Lipinski definition) is 2. The van der Waals surface area contributed by atoms with E-state index in [-0.39, 0.29) is 0 Å². The zero-order valence-corrected chi connectivity index (χ0v) is 10.7. The molecule has 5 nitrogen and oxygen atoms in total. The van der Waals surface area contributed by atoms with Crippen molar-refractivity contribution in [1.29, 1.82) is 0 Å². The van der Waals surface area contributed by atoms with Crippen molar-refractivity contribution in [3.8, 4) is 0 Å². The molecule has 0 radical (unpaired) electrons. The lowest BCUT2D eigenvalue weighted by atomic mass is 10.3. The molecule has 0 saturated carbocycles. The number of pyridine rings is 1. The Hall–Kier alpha value is -1.95. The highest BCUT2D eigenvalue weighted by Gasteiger charge is 1.98. The minimum Gasteiger partial charge on any atom is -0.389 e. The van der Waals surface area contributed by atoms with E-state index in [1.807, 2.05) is 29.1 Å². The van der Waals surface area contributed by atoms with Gasteiger partial charge < -0.3 is 11.1 Å². The fourth-order valence-corrected chi connectivity index (χ4v) is 1.66. The van der Waals surface area contributed by atoms with Crippen LogP contribution in [0.2, 0.25) is 0 Å². The summed E-state index contributed by atoms with van der Waals surface area (Å²) in [5.41, 5.74) is 6.29. The zero-order valence-electron chi connectivity index (χ0n) is 9.91. The largest absolute Gasteiger partial charge is 0.389 e. The van der Waals surface area contributed by atoms with Gasteiger partial charge in [-0.3, -0.25) is 4.68 Å². The molecule has 2 rings (SSSR count). The van der Waals surface area contributed by atoms with E-state index < -0.39 is 0 Å². The average Bonchev–Trinajstić information content (AvgIpc) is 2.88. The van der Waals surface area contributed by atoms with Crippen LogP contribution in [0.25, 0.3) is 0 Å². The van der Waals surface area contributed by atoms with Gasteiger partial charge in [-0.05, 0) is 24.6 Å². The monoisotopic (exact) mass is 261 g/mol. The third-order valence-electron chi connectivity index (χ3n) is 2.48. The smallest absolute Gasteiger partial charge is 0.125 e. The summed E-state index contributed by atoms with van der Waals surface area (Å²) in [6.07, 6.45) is 6.40. The average molecular weight is 261 g/mol. The molecule has 0 aliphatic carbocycles. The second kappa shape index (κ2) is 6.11. The van der Waals surface area contributed by atoms with Gasteiger partial charge in [0.05, 0.1) is 0 Å². The van der Waals surface area contributed by atoms with Crippen molar-refractivity contribution >= 4 is 23.0 Å². The quantitative estimate of drug-likeness (QED) is 0.608. The van der Waals surface area contributed by atoms with Crippen molar-refractivity contribution in [2.45, 2.75) is 13.0 Å². The minimum atomic E-state index is 0.368. The third kappa shape index (κ3) is 3.53. The Labute approximate surface area is 111 Å². The zero-order chi connectivity index (χ0) is 12.8. The molecule has 2 aromatic rings.